The van der Waals surface area contributed by atoms with Crippen molar-refractivity contribution in [2.75, 3.05) is 0 Å². The molecule has 0 saturated heterocycles. The molecule has 1 aliphatic rings. The highest BCUT2D eigenvalue weighted by molar-refractivity contribution is 5.66. The smallest absolute Gasteiger partial charge is 0.401 e. The van der Waals surface area contributed by atoms with E-state index in [9.17, 15) is 18.0 Å². The Hall–Kier alpha value is -2.04. The number of carbonyl (C=O) groups is 1. The van der Waals surface area contributed by atoms with Crippen LogP contribution in [0.25, 0.3) is 0 Å². The summed E-state index contributed by atoms with van der Waals surface area (Å²) in [6.07, 6.45) is -0.349. The summed E-state index contributed by atoms with van der Waals surface area (Å²) < 4.78 is 39.8. The summed E-state index contributed by atoms with van der Waals surface area (Å²) in [6, 6.07) is 9.18. The van der Waals surface area contributed by atoms with Crippen molar-refractivity contribution in [3.8, 4) is 0 Å². The van der Waals surface area contributed by atoms with Gasteiger partial charge in [-0.1, -0.05) is 54.6 Å². The summed E-state index contributed by atoms with van der Waals surface area (Å²) >= 11 is 0. The molecule has 0 aromatic heterocycles. The van der Waals surface area contributed by atoms with Gasteiger partial charge in [0.1, 0.15) is 5.41 Å². The molecule has 0 aliphatic heterocycles. The number of halogens is 3. The van der Waals surface area contributed by atoms with E-state index in [4.69, 9.17) is 5.11 Å². The predicted octanol–water partition coefficient (Wildman–Crippen LogP) is 4.31. The number of alkyl halides is 3. The zero-order valence-corrected chi connectivity index (χ0v) is 11.2. The minimum Gasteiger partial charge on any atom is -0.481 e. The van der Waals surface area contributed by atoms with Gasteiger partial charge in [0, 0.05) is 12.3 Å². The quantitative estimate of drug-likeness (QED) is 0.841. The maximum Gasteiger partial charge on any atom is 0.401 e. The number of rotatable bonds is 4. The van der Waals surface area contributed by atoms with Gasteiger partial charge in [0.05, 0.1) is 0 Å². The van der Waals surface area contributed by atoms with Gasteiger partial charge in [0.15, 0.2) is 0 Å². The Morgan fingerprint density at radius 2 is 1.71 bits per heavy atom. The lowest BCUT2D eigenvalue weighted by Crippen LogP contribution is -2.36. The van der Waals surface area contributed by atoms with Gasteiger partial charge in [0.25, 0.3) is 0 Å². The molecular weight excluding hydrogens is 281 g/mol. The maximum atomic E-state index is 13.3. The van der Waals surface area contributed by atoms with Crippen molar-refractivity contribution in [2.45, 2.75) is 24.9 Å². The first-order valence-electron chi connectivity index (χ1n) is 6.56. The van der Waals surface area contributed by atoms with Crippen LogP contribution in [0.15, 0.2) is 54.6 Å². The molecule has 2 nitrogen and oxygen atoms in total. The minimum absolute atomic E-state index is 0.216. The lowest BCUT2D eigenvalue weighted by molar-refractivity contribution is -0.192. The van der Waals surface area contributed by atoms with Gasteiger partial charge in [-0.05, 0) is 12.0 Å². The molecule has 21 heavy (non-hydrogen) atoms. The van der Waals surface area contributed by atoms with Crippen LogP contribution in [0.5, 0.6) is 0 Å². The maximum absolute atomic E-state index is 13.3. The normalized spacial score (nSPS) is 25.0. The highest BCUT2D eigenvalue weighted by Gasteiger charge is 2.51. The molecule has 0 radical (unpaired) electrons. The van der Waals surface area contributed by atoms with E-state index >= 15 is 0 Å². The monoisotopic (exact) mass is 296 g/mol. The summed E-state index contributed by atoms with van der Waals surface area (Å²) in [7, 11) is 0. The lowest BCUT2D eigenvalue weighted by Gasteiger charge is -2.33. The average Bonchev–Trinajstić information content (AvgIpc) is 2.45. The van der Waals surface area contributed by atoms with Gasteiger partial charge < -0.3 is 5.11 Å². The predicted molar refractivity (Wildman–Crippen MR) is 72.8 cm³/mol. The second kappa shape index (κ2) is 5.76. The Morgan fingerprint density at radius 3 is 2.19 bits per heavy atom. The Bertz CT molecular complexity index is 545. The van der Waals surface area contributed by atoms with Crippen molar-refractivity contribution in [3.63, 3.8) is 0 Å². The minimum atomic E-state index is -4.50. The Kier molecular flexibility index (Phi) is 4.21. The largest absolute Gasteiger partial charge is 0.481 e. The van der Waals surface area contributed by atoms with Crippen molar-refractivity contribution >= 4 is 5.97 Å². The second-order valence-corrected chi connectivity index (χ2v) is 5.09. The number of allylic oxidation sites excluding steroid dienone is 4. The fourth-order valence-electron chi connectivity index (χ4n) is 2.38. The first kappa shape index (κ1) is 15.4. The number of hydrogen-bond acceptors (Lipinski definition) is 1. The van der Waals surface area contributed by atoms with Crippen LogP contribution in [0.3, 0.4) is 0 Å². The molecule has 1 aromatic carbocycles. The van der Waals surface area contributed by atoms with Crippen LogP contribution in [-0.2, 0) is 4.79 Å². The van der Waals surface area contributed by atoms with Crippen LogP contribution < -0.4 is 0 Å². The van der Waals surface area contributed by atoms with Crippen LogP contribution in [-0.4, -0.2) is 17.3 Å². The number of benzene rings is 1. The topological polar surface area (TPSA) is 37.3 Å². The summed E-state index contributed by atoms with van der Waals surface area (Å²) in [5.74, 6) is -1.45. The fraction of sp³-hybridized carbons (Fsp3) is 0.312. The van der Waals surface area contributed by atoms with Crippen LogP contribution >= 0.6 is 0 Å². The molecule has 2 rings (SSSR count). The SMILES string of the molecule is O=C(O)CCC1(C(F)(F)F)C=CC(c2ccccc2)C=C1. The van der Waals surface area contributed by atoms with Gasteiger partial charge in [-0.15, -0.1) is 0 Å². The molecule has 0 spiro atoms. The van der Waals surface area contributed by atoms with Crippen molar-refractivity contribution in [1.82, 2.24) is 0 Å². The zero-order chi connectivity index (χ0) is 15.5. The van der Waals surface area contributed by atoms with Gasteiger partial charge in [-0.25, -0.2) is 0 Å². The number of aliphatic carboxylic acids is 1. The Morgan fingerprint density at radius 1 is 1.14 bits per heavy atom. The molecule has 1 aromatic rings. The van der Waals surface area contributed by atoms with Crippen molar-refractivity contribution in [1.29, 1.82) is 0 Å². The first-order valence-corrected chi connectivity index (χ1v) is 6.56. The van der Waals surface area contributed by atoms with Crippen molar-refractivity contribution in [2.24, 2.45) is 5.41 Å². The molecule has 5 heteroatoms. The van der Waals surface area contributed by atoms with E-state index in [1.807, 2.05) is 30.3 Å². The van der Waals surface area contributed by atoms with E-state index in [1.165, 1.54) is 12.2 Å². The molecule has 0 atom stereocenters. The van der Waals surface area contributed by atoms with Gasteiger partial charge in [0.2, 0.25) is 0 Å². The number of carboxylic acid groups (broad SMARTS) is 1. The van der Waals surface area contributed by atoms with Crippen molar-refractivity contribution < 1.29 is 23.1 Å². The van der Waals surface area contributed by atoms with Crippen LogP contribution in [0.2, 0.25) is 0 Å². The Balaban J connectivity index is 2.23. The zero-order valence-electron chi connectivity index (χ0n) is 11.2. The first-order chi connectivity index (χ1) is 9.84. The third-order valence-corrected chi connectivity index (χ3v) is 3.67. The third-order valence-electron chi connectivity index (χ3n) is 3.67. The summed E-state index contributed by atoms with van der Waals surface area (Å²) in [6.45, 7) is 0. The fourth-order valence-corrected chi connectivity index (χ4v) is 2.38. The van der Waals surface area contributed by atoms with E-state index in [1.54, 1.807) is 0 Å². The second-order valence-electron chi connectivity index (χ2n) is 5.09. The highest BCUT2D eigenvalue weighted by Crippen LogP contribution is 2.47. The Labute approximate surface area is 120 Å². The van der Waals surface area contributed by atoms with Crippen molar-refractivity contribution in [3.05, 3.63) is 60.2 Å². The lowest BCUT2D eigenvalue weighted by atomic mass is 9.76. The summed E-state index contributed by atoms with van der Waals surface area (Å²) in [5.41, 5.74) is -1.28. The van der Waals surface area contributed by atoms with Crippen LogP contribution in [0, 0.1) is 5.41 Å². The molecular formula is C16H15F3O2. The van der Waals surface area contributed by atoms with Gasteiger partial charge in [-0.2, -0.15) is 13.2 Å². The summed E-state index contributed by atoms with van der Waals surface area (Å²) in [5, 5.41) is 8.64. The molecule has 0 saturated carbocycles. The number of carboxylic acids is 1. The molecule has 0 heterocycles. The third kappa shape index (κ3) is 3.35. The summed E-state index contributed by atoms with van der Waals surface area (Å²) in [4.78, 5) is 10.6. The molecule has 0 unspecified atom stereocenters. The van der Waals surface area contributed by atoms with E-state index < -0.39 is 30.4 Å². The molecule has 0 amide bonds. The molecule has 112 valence electrons. The highest BCUT2D eigenvalue weighted by atomic mass is 19.4. The van der Waals surface area contributed by atoms with E-state index in [-0.39, 0.29) is 5.92 Å². The van der Waals surface area contributed by atoms with Gasteiger partial charge >= 0.3 is 12.1 Å². The van der Waals surface area contributed by atoms with E-state index in [0.717, 1.165) is 17.7 Å². The molecule has 0 bridgehead atoms. The van der Waals surface area contributed by atoms with Crippen LogP contribution in [0.4, 0.5) is 13.2 Å². The standard InChI is InChI=1S/C16H15F3O2/c17-16(18,19)15(11-8-14(20)21)9-6-13(7-10-15)12-4-2-1-3-5-12/h1-7,9-10,13H,8,11H2,(H,20,21). The average molecular weight is 296 g/mol. The molecule has 1 N–H and O–H groups in total. The molecule has 0 fully saturated rings. The number of hydrogen-bond donors (Lipinski definition) is 1. The van der Waals surface area contributed by atoms with Crippen LogP contribution in [0.1, 0.15) is 24.3 Å². The molecule has 1 aliphatic carbocycles. The van der Waals surface area contributed by atoms with E-state index in [0.29, 0.717) is 0 Å². The van der Waals surface area contributed by atoms with Gasteiger partial charge in [-0.3, -0.25) is 4.79 Å². The van der Waals surface area contributed by atoms with E-state index in [2.05, 4.69) is 0 Å².